The van der Waals surface area contributed by atoms with Crippen molar-refractivity contribution in [3.8, 4) is 0 Å². The normalized spacial score (nSPS) is 15.9. The second kappa shape index (κ2) is 8.76. The van der Waals surface area contributed by atoms with E-state index < -0.39 is 0 Å². The van der Waals surface area contributed by atoms with Crippen molar-refractivity contribution in [3.63, 3.8) is 0 Å². The van der Waals surface area contributed by atoms with E-state index in [0.29, 0.717) is 5.56 Å². The fourth-order valence-electron chi connectivity index (χ4n) is 3.62. The van der Waals surface area contributed by atoms with E-state index in [2.05, 4.69) is 17.1 Å². The molecule has 0 aromatic heterocycles. The van der Waals surface area contributed by atoms with Gasteiger partial charge in [-0.25, -0.2) is 0 Å². The van der Waals surface area contributed by atoms with E-state index in [1.54, 1.807) is 24.3 Å². The highest BCUT2D eigenvalue weighted by Crippen LogP contribution is 2.24. The average molecular weight is 401 g/mol. The third-order valence-corrected chi connectivity index (χ3v) is 5.72. The van der Waals surface area contributed by atoms with Gasteiger partial charge in [-0.3, -0.25) is 9.59 Å². The Bertz CT molecular complexity index is 859. The summed E-state index contributed by atoms with van der Waals surface area (Å²) in [6, 6.07) is 12.9. The van der Waals surface area contributed by atoms with Crippen LogP contribution < -0.4 is 15.1 Å². The van der Waals surface area contributed by atoms with Crippen LogP contribution in [0.2, 0.25) is 5.02 Å². The number of halogens is 1. The minimum Gasteiger partial charge on any atom is -0.360 e. The van der Waals surface area contributed by atoms with Gasteiger partial charge in [0.05, 0.1) is 26.2 Å². The summed E-state index contributed by atoms with van der Waals surface area (Å²) >= 11 is 6.16. The Morgan fingerprint density at radius 1 is 1.11 bits per heavy atom. The summed E-state index contributed by atoms with van der Waals surface area (Å²) in [5, 5.41) is 3.71. The smallest absolute Gasteiger partial charge is 0.282 e. The maximum Gasteiger partial charge on any atom is 0.282 e. The van der Waals surface area contributed by atoms with Crippen LogP contribution in [0.5, 0.6) is 0 Å². The molecule has 28 heavy (non-hydrogen) atoms. The average Bonchev–Trinajstić information content (AvgIpc) is 2.69. The quantitative estimate of drug-likeness (QED) is 0.758. The molecule has 148 valence electrons. The molecule has 1 amide bonds. The number of carbonyl (C=O) groups is 2. The summed E-state index contributed by atoms with van der Waals surface area (Å²) in [7, 11) is 0. The summed E-state index contributed by atoms with van der Waals surface area (Å²) in [5.41, 5.74) is 3.75. The Kier molecular flexibility index (Phi) is 6.37. The number of benzene rings is 2. The number of amides is 1. The number of ketones is 1. The van der Waals surface area contributed by atoms with Gasteiger partial charge in [-0.05, 0) is 62.7 Å². The van der Waals surface area contributed by atoms with Gasteiger partial charge in [0.1, 0.15) is 0 Å². The molecule has 1 aliphatic heterocycles. The molecule has 1 aliphatic rings. The molecule has 0 saturated carbocycles. The van der Waals surface area contributed by atoms with Gasteiger partial charge in [0.25, 0.3) is 5.91 Å². The largest absolute Gasteiger partial charge is 0.360 e. The molecule has 5 nitrogen and oxygen atoms in total. The van der Waals surface area contributed by atoms with Crippen molar-refractivity contribution < 1.29 is 14.5 Å². The lowest BCUT2D eigenvalue weighted by Crippen LogP contribution is -3.19. The van der Waals surface area contributed by atoms with Gasteiger partial charge in [0.15, 0.2) is 11.8 Å². The van der Waals surface area contributed by atoms with Gasteiger partial charge in [-0.15, -0.1) is 0 Å². The fraction of sp³-hybridized carbons (Fsp3) is 0.364. The number of piperazine rings is 1. The van der Waals surface area contributed by atoms with Crippen LogP contribution in [0.4, 0.5) is 11.4 Å². The third kappa shape index (κ3) is 4.72. The third-order valence-electron chi connectivity index (χ3n) is 5.48. The van der Waals surface area contributed by atoms with E-state index in [9.17, 15) is 9.59 Å². The Morgan fingerprint density at radius 3 is 2.36 bits per heavy atom. The molecule has 1 fully saturated rings. The highest BCUT2D eigenvalue weighted by atomic mass is 35.5. The van der Waals surface area contributed by atoms with Crippen molar-refractivity contribution in [2.24, 2.45) is 0 Å². The minimum atomic E-state index is -0.143. The Labute approximate surface area is 171 Å². The summed E-state index contributed by atoms with van der Waals surface area (Å²) in [5.74, 6) is 0.0152. The first-order valence-corrected chi connectivity index (χ1v) is 10.0. The zero-order valence-corrected chi connectivity index (χ0v) is 17.3. The number of quaternary nitrogens is 1. The number of anilines is 2. The summed E-state index contributed by atoms with van der Waals surface area (Å²) in [6.45, 7) is 9.16. The lowest BCUT2D eigenvalue weighted by atomic mass is 10.1. The molecular formula is C22H27ClN3O2+. The topological polar surface area (TPSA) is 53.9 Å². The van der Waals surface area contributed by atoms with Gasteiger partial charge in [-0.2, -0.15) is 0 Å². The SMILES string of the molecule is CC(=O)c1ccc(NC(=O)[C@H](C)[NH+]2CCN(c3cc(Cl)ccc3C)CC2)cc1. The predicted octanol–water partition coefficient (Wildman–Crippen LogP) is 2.58. The minimum absolute atomic E-state index is 0.00189. The van der Waals surface area contributed by atoms with Crippen molar-refractivity contribution in [1.29, 1.82) is 0 Å². The second-order valence-corrected chi connectivity index (χ2v) is 7.86. The molecule has 0 radical (unpaired) electrons. The zero-order valence-electron chi connectivity index (χ0n) is 16.6. The molecule has 1 atom stereocenters. The lowest BCUT2D eigenvalue weighted by molar-refractivity contribution is -0.914. The molecule has 3 rings (SSSR count). The lowest BCUT2D eigenvalue weighted by Gasteiger charge is -2.36. The van der Waals surface area contributed by atoms with Crippen LogP contribution in [-0.4, -0.2) is 43.9 Å². The highest BCUT2D eigenvalue weighted by Gasteiger charge is 2.29. The molecular weight excluding hydrogens is 374 g/mol. The van der Waals surface area contributed by atoms with E-state index in [1.165, 1.54) is 23.1 Å². The van der Waals surface area contributed by atoms with Crippen LogP contribution in [-0.2, 0) is 4.79 Å². The molecule has 0 aliphatic carbocycles. The van der Waals surface area contributed by atoms with Crippen LogP contribution >= 0.6 is 11.6 Å². The van der Waals surface area contributed by atoms with Crippen LogP contribution in [0, 0.1) is 6.92 Å². The first-order chi connectivity index (χ1) is 13.3. The van der Waals surface area contributed by atoms with E-state index >= 15 is 0 Å². The van der Waals surface area contributed by atoms with Gasteiger partial charge in [-0.1, -0.05) is 17.7 Å². The second-order valence-electron chi connectivity index (χ2n) is 7.42. The number of nitrogens with zero attached hydrogens (tertiary/aromatic N) is 1. The molecule has 2 aromatic rings. The molecule has 2 aromatic carbocycles. The number of hydrogen-bond donors (Lipinski definition) is 2. The van der Waals surface area contributed by atoms with Gasteiger partial charge >= 0.3 is 0 Å². The monoisotopic (exact) mass is 400 g/mol. The Morgan fingerprint density at radius 2 is 1.75 bits per heavy atom. The standard InChI is InChI=1S/C22H26ClN3O2/c1-15-4-7-19(23)14-21(15)26-12-10-25(11-13-26)16(2)22(28)24-20-8-5-18(6-9-20)17(3)27/h4-9,14,16H,10-13H2,1-3H3,(H,24,28)/p+1/t16-/m0/s1. The number of carbonyl (C=O) groups excluding carboxylic acids is 2. The number of hydrogen-bond acceptors (Lipinski definition) is 3. The van der Waals surface area contributed by atoms with Gasteiger partial charge in [0, 0.05) is 22.0 Å². The van der Waals surface area contributed by atoms with Crippen LogP contribution in [0.25, 0.3) is 0 Å². The fourth-order valence-corrected chi connectivity index (χ4v) is 3.78. The van der Waals surface area contributed by atoms with Crippen LogP contribution in [0.1, 0.15) is 29.8 Å². The van der Waals surface area contributed by atoms with Crippen molar-refractivity contribution >= 4 is 34.7 Å². The molecule has 0 spiro atoms. The van der Waals surface area contributed by atoms with Crippen LogP contribution in [0.15, 0.2) is 42.5 Å². The molecule has 1 heterocycles. The van der Waals surface area contributed by atoms with E-state index in [1.807, 2.05) is 25.1 Å². The summed E-state index contributed by atoms with van der Waals surface area (Å²) in [6.07, 6.45) is 0. The van der Waals surface area contributed by atoms with E-state index in [-0.39, 0.29) is 17.7 Å². The Balaban J connectivity index is 1.57. The van der Waals surface area contributed by atoms with Gasteiger partial charge < -0.3 is 15.1 Å². The molecule has 2 N–H and O–H groups in total. The van der Waals surface area contributed by atoms with Crippen LogP contribution in [0.3, 0.4) is 0 Å². The van der Waals surface area contributed by atoms with E-state index in [0.717, 1.165) is 36.9 Å². The van der Waals surface area contributed by atoms with Crippen molar-refractivity contribution in [2.75, 3.05) is 36.4 Å². The first kappa shape index (κ1) is 20.4. The predicted molar refractivity (Wildman–Crippen MR) is 114 cm³/mol. The van der Waals surface area contributed by atoms with Crippen molar-refractivity contribution in [3.05, 3.63) is 58.6 Å². The number of rotatable bonds is 5. The number of aryl methyl sites for hydroxylation is 1. The van der Waals surface area contributed by atoms with E-state index in [4.69, 9.17) is 11.6 Å². The summed E-state index contributed by atoms with van der Waals surface area (Å²) < 4.78 is 0. The molecule has 0 unspecified atom stereocenters. The maximum atomic E-state index is 12.7. The van der Waals surface area contributed by atoms with Gasteiger partial charge in [0.2, 0.25) is 0 Å². The molecule has 1 saturated heterocycles. The number of nitrogens with one attached hydrogen (secondary N) is 2. The maximum absolute atomic E-state index is 12.7. The Hall–Kier alpha value is -2.37. The molecule has 6 heteroatoms. The summed E-state index contributed by atoms with van der Waals surface area (Å²) in [4.78, 5) is 27.6. The number of Topliss-reactive ketones (excluding diaryl/α,β-unsaturated/α-hetero) is 1. The molecule has 0 bridgehead atoms. The zero-order chi connectivity index (χ0) is 20.3. The first-order valence-electron chi connectivity index (χ1n) is 9.62. The van der Waals surface area contributed by atoms with Crippen molar-refractivity contribution in [2.45, 2.75) is 26.8 Å². The van der Waals surface area contributed by atoms with Crippen molar-refractivity contribution in [1.82, 2.24) is 0 Å². The highest BCUT2D eigenvalue weighted by molar-refractivity contribution is 6.30.